The molecule has 1 atom stereocenters. The Morgan fingerprint density at radius 2 is 1.96 bits per heavy atom. The first-order valence-electron chi connectivity index (χ1n) is 8.00. The lowest BCUT2D eigenvalue weighted by atomic mass is 10.2. The number of rotatable bonds is 8. The largest absolute Gasteiger partial charge is 0.451 e. The molecule has 2 rings (SSSR count). The van der Waals surface area contributed by atoms with E-state index in [4.69, 9.17) is 32.5 Å². The Hall–Kier alpha value is -2.14. The molecule has 28 heavy (non-hydrogen) atoms. The molecule has 2 N–H and O–H groups in total. The number of anilines is 1. The number of benzene rings is 1. The summed E-state index contributed by atoms with van der Waals surface area (Å²) >= 11 is 11.6. The highest BCUT2D eigenvalue weighted by atomic mass is 35.5. The van der Waals surface area contributed by atoms with Gasteiger partial charge in [0.15, 0.2) is 11.9 Å². The molecule has 0 bridgehead atoms. The topological polar surface area (TPSA) is 128 Å². The molecule has 0 aliphatic rings. The van der Waals surface area contributed by atoms with Gasteiger partial charge in [0.2, 0.25) is 10.0 Å². The van der Waals surface area contributed by atoms with Crippen molar-refractivity contribution in [1.29, 1.82) is 0 Å². The minimum absolute atomic E-state index is 0.0536. The van der Waals surface area contributed by atoms with Gasteiger partial charge in [0.25, 0.3) is 5.91 Å². The number of esters is 1. The number of carbonyl (C=O) groups excluding carboxylic acids is 2. The van der Waals surface area contributed by atoms with Crippen LogP contribution in [-0.2, 0) is 24.3 Å². The number of sulfonamides is 1. The number of hydrogen-bond acceptors (Lipinski definition) is 7. The summed E-state index contributed by atoms with van der Waals surface area (Å²) in [6.07, 6.45) is -0.951. The third kappa shape index (κ3) is 5.93. The van der Waals surface area contributed by atoms with Crippen LogP contribution in [0.1, 0.15) is 19.1 Å². The predicted octanol–water partition coefficient (Wildman–Crippen LogP) is 2.53. The maximum Gasteiger partial charge on any atom is 0.321 e. The zero-order valence-corrected chi connectivity index (χ0v) is 17.2. The van der Waals surface area contributed by atoms with Crippen molar-refractivity contribution in [1.82, 2.24) is 9.88 Å². The number of nitrogens with one attached hydrogen (secondary N) is 2. The van der Waals surface area contributed by atoms with Gasteiger partial charge in [-0.25, -0.2) is 8.42 Å². The van der Waals surface area contributed by atoms with Crippen LogP contribution in [0.5, 0.6) is 0 Å². The zero-order chi connectivity index (χ0) is 20.9. The molecule has 152 valence electrons. The zero-order valence-electron chi connectivity index (χ0n) is 14.9. The molecule has 0 aliphatic heterocycles. The molecule has 0 radical (unpaired) electrons. The highest BCUT2D eigenvalue weighted by Crippen LogP contribution is 2.24. The molecule has 2 aromatic rings. The Morgan fingerprint density at radius 1 is 1.25 bits per heavy atom. The van der Waals surface area contributed by atoms with Crippen molar-refractivity contribution in [3.63, 3.8) is 0 Å². The van der Waals surface area contributed by atoms with Crippen molar-refractivity contribution in [3.05, 3.63) is 40.1 Å². The number of hydrogen-bond donors (Lipinski definition) is 2. The summed E-state index contributed by atoms with van der Waals surface area (Å²) in [5.41, 5.74) is 0. The van der Waals surface area contributed by atoms with Crippen LogP contribution < -0.4 is 10.0 Å². The summed E-state index contributed by atoms with van der Waals surface area (Å²) in [4.78, 5) is 23.9. The van der Waals surface area contributed by atoms with Crippen LogP contribution in [0.4, 0.5) is 5.82 Å². The lowest BCUT2D eigenvalue weighted by Gasteiger charge is -2.15. The van der Waals surface area contributed by atoms with Gasteiger partial charge in [0.05, 0.1) is 14.9 Å². The molecular weight excluding hydrogens is 433 g/mol. The minimum Gasteiger partial charge on any atom is -0.451 e. The predicted molar refractivity (Wildman–Crippen MR) is 102 cm³/mol. The molecule has 1 unspecified atom stereocenters. The Morgan fingerprint density at radius 3 is 2.54 bits per heavy atom. The fraction of sp³-hybridized carbons (Fsp3) is 0.312. The number of carbonyl (C=O) groups is 2. The van der Waals surface area contributed by atoms with Gasteiger partial charge in [-0.2, -0.15) is 4.72 Å². The molecule has 0 aliphatic carbocycles. The van der Waals surface area contributed by atoms with Crippen LogP contribution in [0.2, 0.25) is 10.0 Å². The van der Waals surface area contributed by atoms with Gasteiger partial charge in [-0.15, -0.1) is 0 Å². The quantitative estimate of drug-likeness (QED) is 0.592. The Labute approximate surface area is 171 Å². The molecule has 12 heteroatoms. The van der Waals surface area contributed by atoms with E-state index < -0.39 is 34.5 Å². The van der Waals surface area contributed by atoms with E-state index in [9.17, 15) is 18.0 Å². The second-order valence-electron chi connectivity index (χ2n) is 5.60. The van der Waals surface area contributed by atoms with Crippen LogP contribution in [0.15, 0.2) is 33.7 Å². The molecule has 1 aromatic heterocycles. The number of halogens is 2. The monoisotopic (exact) mass is 449 g/mol. The van der Waals surface area contributed by atoms with Crippen molar-refractivity contribution in [2.24, 2.45) is 0 Å². The minimum atomic E-state index is -4.02. The van der Waals surface area contributed by atoms with Crippen LogP contribution in [0, 0.1) is 6.92 Å². The summed E-state index contributed by atoms with van der Waals surface area (Å²) in [6.45, 7) is 2.61. The third-order valence-corrected chi connectivity index (χ3v) is 5.56. The van der Waals surface area contributed by atoms with Gasteiger partial charge in [0, 0.05) is 6.07 Å². The normalized spacial score (nSPS) is 12.4. The van der Waals surface area contributed by atoms with E-state index in [1.54, 1.807) is 13.8 Å². The van der Waals surface area contributed by atoms with Crippen LogP contribution >= 0.6 is 23.2 Å². The lowest BCUT2D eigenvalue weighted by Crippen LogP contribution is -2.37. The molecule has 0 saturated heterocycles. The molecular formula is C16H17Cl2N3O6S. The SMILES string of the molecule is CCC(OC(=O)CNS(=O)(=O)c1ccc(Cl)c(Cl)c1)C(=O)Nc1cc(C)on1. The second-order valence-corrected chi connectivity index (χ2v) is 8.18. The summed E-state index contributed by atoms with van der Waals surface area (Å²) in [5.74, 6) is -0.868. The highest BCUT2D eigenvalue weighted by Gasteiger charge is 2.24. The Bertz CT molecular complexity index is 977. The summed E-state index contributed by atoms with van der Waals surface area (Å²) in [6, 6.07) is 5.21. The third-order valence-electron chi connectivity index (χ3n) is 3.42. The molecule has 0 saturated carbocycles. The molecule has 1 aromatic carbocycles. The van der Waals surface area contributed by atoms with E-state index >= 15 is 0 Å². The second kappa shape index (κ2) is 9.37. The lowest BCUT2D eigenvalue weighted by molar-refractivity contribution is -0.153. The number of amides is 1. The van der Waals surface area contributed by atoms with Gasteiger partial charge in [-0.1, -0.05) is 35.3 Å². The number of nitrogens with zero attached hydrogens (tertiary/aromatic N) is 1. The average Bonchev–Trinajstić information content (AvgIpc) is 3.04. The van der Waals surface area contributed by atoms with E-state index in [1.807, 2.05) is 0 Å². The van der Waals surface area contributed by atoms with Crippen molar-refractivity contribution >= 4 is 50.9 Å². The summed E-state index contributed by atoms with van der Waals surface area (Å²) in [7, 11) is -4.02. The van der Waals surface area contributed by atoms with Gasteiger partial charge in [0.1, 0.15) is 12.3 Å². The smallest absolute Gasteiger partial charge is 0.321 e. The van der Waals surface area contributed by atoms with E-state index in [1.165, 1.54) is 18.2 Å². The summed E-state index contributed by atoms with van der Waals surface area (Å²) in [5, 5.41) is 6.30. The van der Waals surface area contributed by atoms with Crippen molar-refractivity contribution in [2.75, 3.05) is 11.9 Å². The van der Waals surface area contributed by atoms with Gasteiger partial charge < -0.3 is 14.6 Å². The molecule has 1 heterocycles. The average molecular weight is 450 g/mol. The van der Waals surface area contributed by atoms with E-state index in [0.717, 1.165) is 6.07 Å². The Balaban J connectivity index is 1.93. The molecule has 0 fully saturated rings. The van der Waals surface area contributed by atoms with Crippen molar-refractivity contribution < 1.29 is 27.3 Å². The van der Waals surface area contributed by atoms with Crippen LogP contribution in [-0.4, -0.2) is 38.1 Å². The van der Waals surface area contributed by atoms with Gasteiger partial charge in [-0.3, -0.25) is 9.59 Å². The fourth-order valence-corrected chi connectivity index (χ4v) is 3.39. The van der Waals surface area contributed by atoms with Crippen LogP contribution in [0.3, 0.4) is 0 Å². The van der Waals surface area contributed by atoms with E-state index in [2.05, 4.69) is 15.2 Å². The number of ether oxygens (including phenoxy) is 1. The molecule has 9 nitrogen and oxygen atoms in total. The molecule has 0 spiro atoms. The standard InChI is InChI=1S/C16H17Cl2N3O6S/c1-3-13(16(23)20-14-6-9(2)27-21-14)26-15(22)8-19-28(24,25)10-4-5-11(17)12(18)7-10/h4-7,13,19H,3,8H2,1-2H3,(H,20,21,23). The van der Waals surface area contributed by atoms with E-state index in [0.29, 0.717) is 5.76 Å². The maximum atomic E-state index is 12.2. The van der Waals surface area contributed by atoms with Crippen molar-refractivity contribution in [2.45, 2.75) is 31.3 Å². The highest BCUT2D eigenvalue weighted by molar-refractivity contribution is 7.89. The maximum absolute atomic E-state index is 12.2. The van der Waals surface area contributed by atoms with Crippen LogP contribution in [0.25, 0.3) is 0 Å². The fourth-order valence-electron chi connectivity index (χ4n) is 2.04. The first kappa shape index (κ1) is 22.2. The van der Waals surface area contributed by atoms with Crippen molar-refractivity contribution in [3.8, 4) is 0 Å². The molecule has 1 amide bonds. The summed E-state index contributed by atoms with van der Waals surface area (Å²) < 4.78 is 36.4. The van der Waals surface area contributed by atoms with E-state index in [-0.39, 0.29) is 27.2 Å². The van der Waals surface area contributed by atoms with Gasteiger partial charge >= 0.3 is 5.97 Å². The first-order valence-corrected chi connectivity index (χ1v) is 10.2. The van der Waals surface area contributed by atoms with Gasteiger partial charge in [-0.05, 0) is 31.5 Å². The Kier molecular flexibility index (Phi) is 7.41. The first-order chi connectivity index (χ1) is 13.1. The number of aromatic nitrogens is 1. The number of aryl methyl sites for hydroxylation is 1.